The predicted octanol–water partition coefficient (Wildman–Crippen LogP) is 5.86. The van der Waals surface area contributed by atoms with Crippen LogP contribution in [0.4, 0.5) is 21.9 Å². The van der Waals surface area contributed by atoms with E-state index in [4.69, 9.17) is 9.47 Å². The van der Waals surface area contributed by atoms with Crippen LogP contribution in [0.1, 0.15) is 48.9 Å². The molecule has 3 amide bonds. The van der Waals surface area contributed by atoms with Crippen LogP contribution in [0, 0.1) is 23.2 Å². The minimum atomic E-state index is -1.53. The number of para-hydroxylation sites is 3. The number of hydrogen-bond donors (Lipinski definition) is 1. The summed E-state index contributed by atoms with van der Waals surface area (Å²) in [5.74, 6) is 0.481. The molecule has 1 aliphatic heterocycles. The molecule has 3 aromatic rings. The Kier molecular flexibility index (Phi) is 7.11. The van der Waals surface area contributed by atoms with E-state index in [1.54, 1.807) is 11.0 Å². The maximum atomic E-state index is 14.5. The van der Waals surface area contributed by atoms with Gasteiger partial charge < -0.3 is 19.7 Å². The third-order valence-electron chi connectivity index (χ3n) is 9.79. The number of esters is 1. The minimum absolute atomic E-state index is 0.0120. The zero-order valence-corrected chi connectivity index (χ0v) is 24.6. The number of carbonyl (C=O) groups excluding carboxylic acids is 4. The molecule has 9 heteroatoms. The van der Waals surface area contributed by atoms with Crippen LogP contribution in [0.2, 0.25) is 0 Å². The van der Waals surface area contributed by atoms with Crippen LogP contribution < -0.4 is 19.9 Å². The molecule has 226 valence electrons. The topological polar surface area (TPSA) is 105 Å². The Morgan fingerprint density at radius 1 is 0.818 bits per heavy atom. The summed E-state index contributed by atoms with van der Waals surface area (Å²) in [6.45, 7) is 0.497. The number of hydrogen-bond acceptors (Lipinski definition) is 6. The van der Waals surface area contributed by atoms with E-state index in [1.165, 1.54) is 49.5 Å². The lowest BCUT2D eigenvalue weighted by atomic mass is 9.49. The van der Waals surface area contributed by atoms with Gasteiger partial charge in [-0.1, -0.05) is 36.4 Å². The van der Waals surface area contributed by atoms with Crippen molar-refractivity contribution in [1.82, 2.24) is 5.32 Å². The zero-order valence-electron chi connectivity index (χ0n) is 24.6. The minimum Gasteiger partial charge on any atom is -0.465 e. The Hall–Kier alpha value is -4.66. The first-order valence-electron chi connectivity index (χ1n) is 15.3. The molecule has 4 saturated carbocycles. The largest absolute Gasteiger partial charge is 0.465 e. The van der Waals surface area contributed by atoms with Gasteiger partial charge in [0.25, 0.3) is 11.8 Å². The summed E-state index contributed by atoms with van der Waals surface area (Å²) in [6.07, 6.45) is 6.09. The molecule has 8 rings (SSSR count). The molecule has 4 aliphatic carbocycles. The smallest absolute Gasteiger partial charge is 0.413 e. The highest BCUT2D eigenvalue weighted by Gasteiger charge is 2.53. The molecule has 1 heterocycles. The average molecular weight is 594 g/mol. The second kappa shape index (κ2) is 11.1. The van der Waals surface area contributed by atoms with Gasteiger partial charge in [-0.05, 0) is 104 Å². The van der Waals surface area contributed by atoms with E-state index < -0.39 is 29.9 Å². The van der Waals surface area contributed by atoms with Gasteiger partial charge in [0.15, 0.2) is 6.04 Å². The van der Waals surface area contributed by atoms with Crippen LogP contribution in [-0.2, 0) is 14.3 Å². The molecule has 9 nitrogen and oxygen atoms in total. The molecule has 0 spiro atoms. The highest BCUT2D eigenvalue weighted by Crippen LogP contribution is 2.60. The maximum Gasteiger partial charge on any atom is 0.413 e. The van der Waals surface area contributed by atoms with Gasteiger partial charge in [-0.15, -0.1) is 0 Å². The third kappa shape index (κ3) is 5.10. The van der Waals surface area contributed by atoms with Crippen LogP contribution in [0.3, 0.4) is 0 Å². The average Bonchev–Trinajstić information content (AvgIpc) is 3.09. The van der Waals surface area contributed by atoms with Crippen molar-refractivity contribution in [2.24, 2.45) is 23.2 Å². The van der Waals surface area contributed by atoms with E-state index in [0.717, 1.165) is 19.3 Å². The van der Waals surface area contributed by atoms with Gasteiger partial charge in [0.05, 0.1) is 24.0 Å². The Morgan fingerprint density at radius 3 is 2.11 bits per heavy atom. The molecule has 4 fully saturated rings. The Morgan fingerprint density at radius 2 is 1.45 bits per heavy atom. The number of nitrogens with zero attached hydrogens (tertiary/aromatic N) is 2. The predicted molar refractivity (Wildman–Crippen MR) is 164 cm³/mol. The van der Waals surface area contributed by atoms with Gasteiger partial charge in [0.2, 0.25) is 0 Å². The van der Waals surface area contributed by atoms with Crippen molar-refractivity contribution in [2.45, 2.75) is 44.6 Å². The van der Waals surface area contributed by atoms with Gasteiger partial charge in [-0.2, -0.15) is 0 Å². The number of rotatable bonds is 6. The maximum absolute atomic E-state index is 14.5. The fourth-order valence-electron chi connectivity index (χ4n) is 8.52. The van der Waals surface area contributed by atoms with Gasteiger partial charge in [0, 0.05) is 12.2 Å². The number of nitrogens with one attached hydrogen (secondary N) is 1. The molecule has 1 atom stereocenters. The number of carbonyl (C=O) groups is 4. The van der Waals surface area contributed by atoms with Crippen molar-refractivity contribution in [3.05, 3.63) is 84.4 Å². The molecule has 44 heavy (non-hydrogen) atoms. The van der Waals surface area contributed by atoms with E-state index in [2.05, 4.69) is 5.32 Å². The Labute approximate surface area is 256 Å². The van der Waals surface area contributed by atoms with Crippen LogP contribution >= 0.6 is 0 Å². The quantitative estimate of drug-likeness (QED) is 0.284. The molecule has 0 radical (unpaired) electrons. The second-order valence-corrected chi connectivity index (χ2v) is 12.8. The van der Waals surface area contributed by atoms with E-state index in [0.29, 0.717) is 41.4 Å². The van der Waals surface area contributed by atoms with Gasteiger partial charge in [0.1, 0.15) is 5.75 Å². The van der Waals surface area contributed by atoms with E-state index >= 15 is 0 Å². The summed E-state index contributed by atoms with van der Waals surface area (Å²) in [5, 5.41) is 2.58. The summed E-state index contributed by atoms with van der Waals surface area (Å²) in [7, 11) is 1.26. The lowest BCUT2D eigenvalue weighted by Crippen LogP contribution is -2.58. The number of ether oxygens (including phenoxy) is 2. The standard InChI is InChI=1S/C35H35N3O6/c1-43-33(41)25-8-7-11-27(17-25)44-34(42)36-30-31(39)37(21-35-18-22-14-23(19-35)16-24(15-22)20-35)28-12-5-6-13-29(28)38(32(30)40)26-9-3-2-4-10-26/h2-13,17,22-24,30H,14-16,18-21H2,1H3,(H,36,42). The first-order valence-corrected chi connectivity index (χ1v) is 15.3. The van der Waals surface area contributed by atoms with Crippen LogP contribution in [0.15, 0.2) is 78.9 Å². The van der Waals surface area contributed by atoms with Crippen LogP contribution in [-0.4, -0.2) is 43.6 Å². The monoisotopic (exact) mass is 593 g/mol. The summed E-state index contributed by atoms with van der Waals surface area (Å²) in [5.41, 5.74) is 2.01. The van der Waals surface area contributed by atoms with Crippen molar-refractivity contribution >= 4 is 40.9 Å². The second-order valence-electron chi connectivity index (χ2n) is 12.8. The van der Waals surface area contributed by atoms with Crippen LogP contribution in [0.5, 0.6) is 5.75 Å². The number of benzene rings is 3. The molecular formula is C35H35N3O6. The lowest BCUT2D eigenvalue weighted by Gasteiger charge is -2.57. The molecule has 1 unspecified atom stereocenters. The summed E-state index contributed by atoms with van der Waals surface area (Å²) < 4.78 is 10.2. The lowest BCUT2D eigenvalue weighted by molar-refractivity contribution is -0.129. The van der Waals surface area contributed by atoms with Crippen molar-refractivity contribution in [2.75, 3.05) is 23.5 Å². The zero-order chi connectivity index (χ0) is 30.4. The molecule has 0 aromatic heterocycles. The number of methoxy groups -OCH3 is 1. The molecular weight excluding hydrogens is 558 g/mol. The van der Waals surface area contributed by atoms with Crippen molar-refractivity contribution < 1.29 is 28.7 Å². The summed E-state index contributed by atoms with van der Waals surface area (Å²) in [6, 6.07) is 21.0. The van der Waals surface area contributed by atoms with Gasteiger partial charge in [-0.3, -0.25) is 14.5 Å². The van der Waals surface area contributed by atoms with Crippen molar-refractivity contribution in [3.63, 3.8) is 0 Å². The molecule has 1 N–H and O–H groups in total. The number of fused-ring (bicyclic) bond motifs is 1. The van der Waals surface area contributed by atoms with Crippen LogP contribution in [0.25, 0.3) is 0 Å². The summed E-state index contributed by atoms with van der Waals surface area (Å²) >= 11 is 0. The van der Waals surface area contributed by atoms with Crippen molar-refractivity contribution in [1.29, 1.82) is 0 Å². The van der Waals surface area contributed by atoms with Gasteiger partial charge >= 0.3 is 12.1 Å². The van der Waals surface area contributed by atoms with E-state index in [9.17, 15) is 19.2 Å². The number of amides is 3. The SMILES string of the molecule is COC(=O)c1cccc(OC(=O)NC2C(=O)N(CC34CC5CC(CC(C5)C3)C4)c3ccccc3N(c3ccccc3)C2=O)c1. The normalized spacial score (nSPS) is 27.0. The molecule has 4 bridgehead atoms. The Balaban J connectivity index is 1.24. The Bertz CT molecular complexity index is 1590. The molecule has 3 aromatic carbocycles. The fraction of sp³-hybridized carbons (Fsp3) is 0.371. The highest BCUT2D eigenvalue weighted by molar-refractivity contribution is 6.23. The summed E-state index contributed by atoms with van der Waals surface area (Å²) in [4.78, 5) is 57.4. The fourth-order valence-corrected chi connectivity index (χ4v) is 8.52. The van der Waals surface area contributed by atoms with Gasteiger partial charge in [-0.25, -0.2) is 9.59 Å². The first-order chi connectivity index (χ1) is 21.3. The first kappa shape index (κ1) is 28.1. The molecule has 0 saturated heterocycles. The van der Waals surface area contributed by atoms with E-state index in [-0.39, 0.29) is 16.7 Å². The third-order valence-corrected chi connectivity index (χ3v) is 9.79. The highest BCUT2D eigenvalue weighted by atomic mass is 16.6. The van der Waals surface area contributed by atoms with Crippen molar-refractivity contribution in [3.8, 4) is 5.75 Å². The van der Waals surface area contributed by atoms with E-state index in [1.807, 2.05) is 54.6 Å². The molecule has 5 aliphatic rings. The number of anilines is 3.